The quantitative estimate of drug-likeness (QED) is 0.165. The highest BCUT2D eigenvalue weighted by Gasteiger charge is 2.23. The van der Waals surface area contributed by atoms with Gasteiger partial charge in [-0.25, -0.2) is 0 Å². The van der Waals surface area contributed by atoms with Crippen LogP contribution < -0.4 is 0 Å². The van der Waals surface area contributed by atoms with Gasteiger partial charge in [0.15, 0.2) is 0 Å². The van der Waals surface area contributed by atoms with Gasteiger partial charge in [0, 0.05) is 6.42 Å². The molecule has 1 aliphatic heterocycles. The number of ether oxygens (including phenoxy) is 2. The molecule has 0 bridgehead atoms. The van der Waals surface area contributed by atoms with E-state index in [4.69, 9.17) is 9.47 Å². The Balaban J connectivity index is 1.68. The Morgan fingerprint density at radius 1 is 0.864 bits per heavy atom. The van der Waals surface area contributed by atoms with Crippen molar-refractivity contribution in [1.82, 2.24) is 0 Å². The third-order valence-electron chi connectivity index (χ3n) is 4.32. The molecule has 0 aromatic rings. The predicted molar refractivity (Wildman–Crippen MR) is 91.0 cm³/mol. The summed E-state index contributed by atoms with van der Waals surface area (Å²) in [6.45, 7) is 3.48. The number of esters is 1. The lowest BCUT2D eigenvalue weighted by atomic mass is 10.5. The first-order valence-electron chi connectivity index (χ1n) is 9.60. The molecule has 0 saturated carbocycles. The topological polar surface area (TPSA) is 38.8 Å². The lowest BCUT2D eigenvalue weighted by molar-refractivity contribution is -0.144. The molecule has 1 fully saturated rings. The van der Waals surface area contributed by atoms with Gasteiger partial charge in [-0.3, -0.25) is 4.79 Å². The molecule has 3 heteroatoms. The van der Waals surface area contributed by atoms with Gasteiger partial charge >= 0.3 is 5.97 Å². The molecule has 3 nitrogen and oxygen atoms in total. The van der Waals surface area contributed by atoms with Gasteiger partial charge in [-0.1, -0.05) is 84.0 Å². The second kappa shape index (κ2) is 14.0. The van der Waals surface area contributed by atoms with Gasteiger partial charge in [-0.15, -0.1) is 0 Å². The van der Waals surface area contributed by atoms with Crippen LogP contribution >= 0.6 is 0 Å². The molecule has 1 atom stereocenters. The molecule has 1 heterocycles. The van der Waals surface area contributed by atoms with Crippen molar-refractivity contribution in [1.29, 1.82) is 0 Å². The van der Waals surface area contributed by atoms with Crippen LogP contribution in [0.2, 0.25) is 0 Å². The number of carbonyl (C=O) groups is 1. The van der Waals surface area contributed by atoms with Crippen molar-refractivity contribution in [2.24, 2.45) is 0 Å². The van der Waals surface area contributed by atoms with Crippen LogP contribution in [0, 0.1) is 0 Å². The molecule has 0 aromatic heterocycles. The fourth-order valence-corrected chi connectivity index (χ4v) is 2.71. The van der Waals surface area contributed by atoms with Crippen LogP contribution in [0.25, 0.3) is 0 Å². The average molecular weight is 328 g/mol. The van der Waals surface area contributed by atoms with E-state index in [0.29, 0.717) is 13.0 Å². The molecule has 1 saturated heterocycles. The van der Waals surface area contributed by atoms with Crippen molar-refractivity contribution < 1.29 is 14.3 Å². The van der Waals surface area contributed by atoms with Crippen molar-refractivity contribution in [2.45, 2.75) is 103 Å². The second-order valence-electron chi connectivity index (χ2n) is 6.63. The third kappa shape index (κ3) is 13.1. The maximum atomic E-state index is 11.4. The summed E-state index contributed by atoms with van der Waals surface area (Å²) in [7, 11) is 0. The van der Waals surface area contributed by atoms with Gasteiger partial charge in [-0.05, 0) is 6.42 Å². The Bertz CT molecular complexity index is 261. The summed E-state index contributed by atoms with van der Waals surface area (Å²) in [5, 5.41) is 0. The van der Waals surface area contributed by atoms with Gasteiger partial charge < -0.3 is 9.47 Å². The molecule has 0 radical (unpaired) electrons. The van der Waals surface area contributed by atoms with E-state index in [0.717, 1.165) is 19.4 Å². The number of carbonyl (C=O) groups excluding carboxylic acids is 1. The number of rotatable bonds is 16. The van der Waals surface area contributed by atoms with Crippen LogP contribution in [0.4, 0.5) is 0 Å². The lowest BCUT2D eigenvalue weighted by Crippen LogP contribution is -2.09. The smallest absolute Gasteiger partial charge is 0.305 e. The van der Waals surface area contributed by atoms with E-state index in [1.54, 1.807) is 0 Å². The maximum absolute atomic E-state index is 11.4. The molecule has 1 rings (SSSR count). The fourth-order valence-electron chi connectivity index (χ4n) is 2.71. The van der Waals surface area contributed by atoms with Crippen molar-refractivity contribution in [3.63, 3.8) is 0 Å². The molecule has 0 aromatic carbocycles. The number of hydrogen-bond donors (Lipinski definition) is 0. The van der Waals surface area contributed by atoms with Crippen LogP contribution in [0.3, 0.4) is 0 Å². The first-order valence-corrected chi connectivity index (χ1v) is 9.60. The molecular formula is C19H36O3. The summed E-state index contributed by atoms with van der Waals surface area (Å²) >= 11 is 0. The van der Waals surface area contributed by atoms with E-state index in [9.17, 15) is 4.79 Å². The molecule has 0 amide bonds. The van der Waals surface area contributed by atoms with E-state index >= 15 is 0 Å². The molecule has 0 aliphatic carbocycles. The van der Waals surface area contributed by atoms with E-state index in [-0.39, 0.29) is 12.1 Å². The highest BCUT2D eigenvalue weighted by atomic mass is 16.7. The van der Waals surface area contributed by atoms with Gasteiger partial charge in [0.2, 0.25) is 0 Å². The van der Waals surface area contributed by atoms with Crippen molar-refractivity contribution in [3.05, 3.63) is 0 Å². The maximum Gasteiger partial charge on any atom is 0.305 e. The minimum Gasteiger partial charge on any atom is -0.463 e. The van der Waals surface area contributed by atoms with Crippen LogP contribution in [0.15, 0.2) is 0 Å². The number of unbranched alkanes of at least 4 members (excludes halogenated alkanes) is 12. The Hall–Kier alpha value is -0.570. The first-order chi connectivity index (χ1) is 10.8. The largest absolute Gasteiger partial charge is 0.463 e. The predicted octanol–water partition coefficient (Wildman–Crippen LogP) is 5.41. The summed E-state index contributed by atoms with van der Waals surface area (Å²) in [4.78, 5) is 11.4. The van der Waals surface area contributed by atoms with Crippen LogP contribution in [0.5, 0.6) is 0 Å². The molecule has 0 spiro atoms. The standard InChI is InChI=1S/C19H36O3/c1-2-3-4-5-6-7-8-9-10-11-12-13-14-15-19(20)22-17-18-16-21-18/h18H,2-17H2,1H3/i1+1,2+1,3+1,4+1,5+1,6+1,7+1,8+1,9+1,10+1,11+1,12+1,13+1,14+1,15+1,19+1. The van der Waals surface area contributed by atoms with E-state index in [1.807, 2.05) is 0 Å². The number of epoxide rings is 1. The summed E-state index contributed by atoms with van der Waals surface area (Å²) in [5.74, 6) is -0.0569. The average Bonchev–Trinajstić information content (AvgIpc) is 3.34. The van der Waals surface area contributed by atoms with Crippen molar-refractivity contribution in [2.75, 3.05) is 13.2 Å². The highest BCUT2D eigenvalue weighted by molar-refractivity contribution is 5.69. The van der Waals surface area contributed by atoms with Gasteiger partial charge in [0.25, 0.3) is 0 Å². The van der Waals surface area contributed by atoms with Gasteiger partial charge in [-0.2, -0.15) is 0 Å². The zero-order valence-corrected chi connectivity index (χ0v) is 14.6. The SMILES string of the molecule is [13CH3][13CH2][13CH2][13CH2][13CH2][13CH2][13CH2][13CH2][13CH2][13CH2][13CH2][13CH2][13CH2][13CH2][13CH2][13C](=O)OCC1CO1. The third-order valence-corrected chi connectivity index (χ3v) is 4.32. The Kier molecular flexibility index (Phi) is 12.4. The zero-order valence-electron chi connectivity index (χ0n) is 14.6. The fraction of sp³-hybridized carbons (Fsp3) is 0.947. The van der Waals surface area contributed by atoms with Crippen molar-refractivity contribution in [3.8, 4) is 0 Å². The van der Waals surface area contributed by atoms with E-state index in [1.165, 1.54) is 70.6 Å². The summed E-state index contributed by atoms with van der Waals surface area (Å²) in [5.41, 5.74) is 0. The minimum absolute atomic E-state index is 0.0569. The number of hydrogen-bond acceptors (Lipinski definition) is 3. The van der Waals surface area contributed by atoms with Crippen LogP contribution in [-0.4, -0.2) is 25.3 Å². The first kappa shape index (κ1) is 19.5. The lowest BCUT2D eigenvalue weighted by Gasteiger charge is -2.04. The molecule has 130 valence electrons. The normalized spacial score (nSPS) is 16.7. The molecule has 0 N–H and O–H groups in total. The molecule has 1 unspecified atom stereocenters. The Morgan fingerprint density at radius 3 is 1.77 bits per heavy atom. The Labute approximate surface area is 137 Å². The second-order valence-corrected chi connectivity index (χ2v) is 6.63. The summed E-state index contributed by atoms with van der Waals surface area (Å²) < 4.78 is 10.1. The molecule has 22 heavy (non-hydrogen) atoms. The summed E-state index contributed by atoms with van der Waals surface area (Å²) in [6, 6.07) is 0. The zero-order chi connectivity index (χ0) is 15.9. The van der Waals surface area contributed by atoms with E-state index in [2.05, 4.69) is 6.92 Å². The van der Waals surface area contributed by atoms with Gasteiger partial charge in [0.1, 0.15) is 12.7 Å². The highest BCUT2D eigenvalue weighted by Crippen LogP contribution is 2.13. The van der Waals surface area contributed by atoms with Crippen molar-refractivity contribution >= 4 is 5.97 Å². The Morgan fingerprint density at radius 2 is 1.32 bits per heavy atom. The molecule has 1 aliphatic rings. The van der Waals surface area contributed by atoms with Crippen LogP contribution in [-0.2, 0) is 14.3 Å². The van der Waals surface area contributed by atoms with Crippen LogP contribution in [0.1, 0.15) is 96.8 Å². The van der Waals surface area contributed by atoms with Gasteiger partial charge in [0.05, 0.1) is 6.61 Å². The molecular weight excluding hydrogens is 292 g/mol. The summed E-state index contributed by atoms with van der Waals surface area (Å²) in [6.07, 6.45) is 18.1. The van der Waals surface area contributed by atoms with E-state index < -0.39 is 0 Å². The minimum atomic E-state index is -0.0569. The monoisotopic (exact) mass is 328 g/mol.